The third-order valence-electron chi connectivity index (χ3n) is 8.27. The lowest BCUT2D eigenvalue weighted by atomic mass is 9.74. The Hall–Kier alpha value is -2.80. The Labute approximate surface area is 201 Å². The quantitative estimate of drug-likeness (QED) is 0.400. The van der Waals surface area contributed by atoms with E-state index in [-0.39, 0.29) is 18.0 Å². The molecule has 1 atom stereocenters. The van der Waals surface area contributed by atoms with Gasteiger partial charge in [-0.25, -0.2) is 9.97 Å². The van der Waals surface area contributed by atoms with E-state index in [0.29, 0.717) is 29.4 Å². The van der Waals surface area contributed by atoms with Gasteiger partial charge in [-0.15, -0.1) is 0 Å². The van der Waals surface area contributed by atoms with E-state index < -0.39 is 5.41 Å². The number of nitrogens with zero attached hydrogens (tertiary/aromatic N) is 3. The molecule has 1 unspecified atom stereocenters. The summed E-state index contributed by atoms with van der Waals surface area (Å²) < 4.78 is 7.06. The minimum atomic E-state index is -0.545. The molecule has 1 N–H and O–H groups in total. The van der Waals surface area contributed by atoms with Crippen molar-refractivity contribution in [3.8, 4) is 0 Å². The first-order valence-electron chi connectivity index (χ1n) is 12.8. The maximum Gasteiger partial charge on any atom is 0.317 e. The molecule has 1 aromatic carbocycles. The third-order valence-corrected chi connectivity index (χ3v) is 8.27. The van der Waals surface area contributed by atoms with Gasteiger partial charge in [0, 0.05) is 31.2 Å². The number of amides is 1. The predicted octanol–water partition coefficient (Wildman–Crippen LogP) is 3.86. The number of fused-ring (bicyclic) bond motifs is 3. The zero-order valence-corrected chi connectivity index (χ0v) is 19.8. The Kier molecular flexibility index (Phi) is 6.63. The highest BCUT2D eigenvalue weighted by Gasteiger charge is 2.51. The highest BCUT2D eigenvalue weighted by Crippen LogP contribution is 2.42. The molecule has 180 valence electrons. The first-order valence-corrected chi connectivity index (χ1v) is 12.8. The molecule has 34 heavy (non-hydrogen) atoms. The van der Waals surface area contributed by atoms with Crippen LogP contribution in [0.3, 0.4) is 0 Å². The zero-order valence-electron chi connectivity index (χ0n) is 19.8. The minimum absolute atomic E-state index is 0.0559. The number of anilines is 1. The molecule has 1 aliphatic carbocycles. The summed E-state index contributed by atoms with van der Waals surface area (Å²) in [5.41, 5.74) is 0.547. The number of piperidine rings is 3. The molecule has 4 aliphatic rings. The molecule has 7 nitrogen and oxygen atoms in total. The van der Waals surface area contributed by atoms with Gasteiger partial charge in [-0.3, -0.25) is 14.9 Å². The number of aromatic nitrogens is 2. The van der Waals surface area contributed by atoms with Gasteiger partial charge in [0.15, 0.2) is 12.6 Å². The lowest BCUT2D eigenvalue weighted by Crippen LogP contribution is -2.66. The summed E-state index contributed by atoms with van der Waals surface area (Å²) in [6, 6.07) is 12.0. The van der Waals surface area contributed by atoms with Gasteiger partial charge in [-0.05, 0) is 24.5 Å². The van der Waals surface area contributed by atoms with Crippen molar-refractivity contribution in [1.82, 2.24) is 9.97 Å². The van der Waals surface area contributed by atoms with Gasteiger partial charge in [-0.1, -0.05) is 56.0 Å². The SMILES string of the molecule is O=C(C[N+]12CCC(CC1)C(OC(=O)C1(c3ccccc3)CCCCCC1)C2)Nc1ncccn1. The molecular formula is C27H35N4O3+. The maximum atomic E-state index is 13.9. The number of benzene rings is 1. The monoisotopic (exact) mass is 463 g/mol. The van der Waals surface area contributed by atoms with Crippen LogP contribution in [-0.2, 0) is 19.7 Å². The molecule has 1 saturated carbocycles. The van der Waals surface area contributed by atoms with Crippen molar-refractivity contribution in [1.29, 1.82) is 0 Å². The Morgan fingerprint density at radius 1 is 0.971 bits per heavy atom. The Morgan fingerprint density at radius 2 is 1.65 bits per heavy atom. The highest BCUT2D eigenvalue weighted by atomic mass is 16.5. The first kappa shape index (κ1) is 23.0. The third kappa shape index (κ3) is 4.71. The molecule has 1 amide bonds. The molecule has 4 fully saturated rings. The molecule has 3 saturated heterocycles. The number of nitrogens with one attached hydrogen (secondary N) is 1. The van der Waals surface area contributed by atoms with Crippen LogP contribution in [0, 0.1) is 5.92 Å². The summed E-state index contributed by atoms with van der Waals surface area (Å²) in [6.07, 6.45) is 11.3. The van der Waals surface area contributed by atoms with Crippen molar-refractivity contribution in [2.45, 2.75) is 62.9 Å². The number of ether oxygens (including phenoxy) is 1. The van der Waals surface area contributed by atoms with Crippen LogP contribution in [0.4, 0.5) is 5.95 Å². The van der Waals surface area contributed by atoms with Crippen LogP contribution in [0.2, 0.25) is 0 Å². The Morgan fingerprint density at radius 3 is 2.32 bits per heavy atom. The smallest absolute Gasteiger partial charge is 0.317 e. The standard InChI is InChI=1S/C27H34N4O3/c32-24(30-26-28-15-8-16-29-26)20-31-17-11-21(12-18-31)23(19-31)34-25(33)27(13-6-1-2-7-14-27)22-9-4-3-5-10-22/h3-5,8-10,15-16,21,23H,1-2,6-7,11-14,17-20H2/p+1. The van der Waals surface area contributed by atoms with Gasteiger partial charge in [0.2, 0.25) is 5.95 Å². The number of carbonyl (C=O) groups is 2. The molecule has 7 heteroatoms. The summed E-state index contributed by atoms with van der Waals surface area (Å²) in [4.78, 5) is 34.9. The van der Waals surface area contributed by atoms with Gasteiger partial charge in [0.25, 0.3) is 5.91 Å². The van der Waals surface area contributed by atoms with Crippen molar-refractivity contribution in [2.24, 2.45) is 5.92 Å². The summed E-state index contributed by atoms with van der Waals surface area (Å²) in [5, 5.41) is 2.82. The summed E-state index contributed by atoms with van der Waals surface area (Å²) in [6.45, 7) is 2.98. The average molecular weight is 464 g/mol. The van der Waals surface area contributed by atoms with E-state index >= 15 is 0 Å². The van der Waals surface area contributed by atoms with E-state index in [1.54, 1.807) is 18.5 Å². The number of carbonyl (C=O) groups excluding carboxylic acids is 2. The normalized spacial score (nSPS) is 28.0. The minimum Gasteiger partial charge on any atom is -0.455 e. The van der Waals surface area contributed by atoms with Crippen LogP contribution in [0.5, 0.6) is 0 Å². The second-order valence-electron chi connectivity index (χ2n) is 10.4. The molecule has 4 heterocycles. The zero-order chi connectivity index (χ0) is 23.4. The lowest BCUT2D eigenvalue weighted by molar-refractivity contribution is -0.939. The van der Waals surface area contributed by atoms with Gasteiger partial charge in [0.1, 0.15) is 6.54 Å². The maximum absolute atomic E-state index is 13.9. The predicted molar refractivity (Wildman–Crippen MR) is 129 cm³/mol. The van der Waals surface area contributed by atoms with Gasteiger partial charge >= 0.3 is 5.97 Å². The number of quaternary nitrogens is 1. The van der Waals surface area contributed by atoms with E-state index in [1.165, 1.54) is 12.8 Å². The molecular weight excluding hydrogens is 428 g/mol. The fourth-order valence-electron chi connectivity index (χ4n) is 6.36. The summed E-state index contributed by atoms with van der Waals surface area (Å²) in [7, 11) is 0. The second kappa shape index (κ2) is 9.82. The van der Waals surface area contributed by atoms with E-state index in [0.717, 1.165) is 57.2 Å². The fraction of sp³-hybridized carbons (Fsp3) is 0.556. The van der Waals surface area contributed by atoms with E-state index in [1.807, 2.05) is 18.2 Å². The molecule has 3 aliphatic heterocycles. The Bertz CT molecular complexity index is 981. The molecule has 0 radical (unpaired) electrons. The number of hydrogen-bond acceptors (Lipinski definition) is 5. The van der Waals surface area contributed by atoms with Crippen molar-refractivity contribution in [3.05, 3.63) is 54.4 Å². The topological polar surface area (TPSA) is 81.2 Å². The van der Waals surface area contributed by atoms with Crippen LogP contribution in [0.15, 0.2) is 48.8 Å². The van der Waals surface area contributed by atoms with Crippen LogP contribution < -0.4 is 5.32 Å². The highest BCUT2D eigenvalue weighted by molar-refractivity contribution is 5.89. The van der Waals surface area contributed by atoms with Crippen molar-refractivity contribution >= 4 is 17.8 Å². The van der Waals surface area contributed by atoms with Crippen LogP contribution in [0.25, 0.3) is 0 Å². The van der Waals surface area contributed by atoms with E-state index in [2.05, 4.69) is 27.4 Å². The largest absolute Gasteiger partial charge is 0.455 e. The van der Waals surface area contributed by atoms with Crippen LogP contribution >= 0.6 is 0 Å². The van der Waals surface area contributed by atoms with Crippen molar-refractivity contribution < 1.29 is 18.8 Å². The Balaban J connectivity index is 1.30. The summed E-state index contributed by atoms with van der Waals surface area (Å²) in [5.74, 6) is 0.586. The molecule has 0 spiro atoms. The van der Waals surface area contributed by atoms with Crippen LogP contribution in [-0.4, -0.2) is 58.6 Å². The van der Waals surface area contributed by atoms with Gasteiger partial charge in [-0.2, -0.15) is 0 Å². The van der Waals surface area contributed by atoms with Crippen LogP contribution in [0.1, 0.15) is 56.9 Å². The van der Waals surface area contributed by atoms with E-state index in [4.69, 9.17) is 4.74 Å². The summed E-state index contributed by atoms with van der Waals surface area (Å²) >= 11 is 0. The second-order valence-corrected chi connectivity index (χ2v) is 10.4. The molecule has 6 rings (SSSR count). The van der Waals surface area contributed by atoms with Gasteiger partial charge in [0.05, 0.1) is 18.5 Å². The van der Waals surface area contributed by atoms with E-state index in [9.17, 15) is 9.59 Å². The van der Waals surface area contributed by atoms with Gasteiger partial charge < -0.3 is 9.22 Å². The van der Waals surface area contributed by atoms with Crippen molar-refractivity contribution in [2.75, 3.05) is 31.5 Å². The number of esters is 1. The fourth-order valence-corrected chi connectivity index (χ4v) is 6.36. The average Bonchev–Trinajstić information content (AvgIpc) is 3.13. The molecule has 1 aromatic heterocycles. The lowest BCUT2D eigenvalue weighted by Gasteiger charge is -2.52. The molecule has 2 aromatic rings. The first-order chi connectivity index (χ1) is 16.6. The van der Waals surface area contributed by atoms with Crippen molar-refractivity contribution in [3.63, 3.8) is 0 Å². The number of hydrogen-bond donors (Lipinski definition) is 1. The molecule has 2 bridgehead atoms. The number of rotatable bonds is 6.